The summed E-state index contributed by atoms with van der Waals surface area (Å²) in [6.07, 6.45) is 2.90. The molecular weight excluding hydrogens is 348 g/mol. The lowest BCUT2D eigenvalue weighted by Crippen LogP contribution is -2.23. The lowest BCUT2D eigenvalue weighted by Gasteiger charge is -2.19. The van der Waals surface area contributed by atoms with Crippen LogP contribution in [0.1, 0.15) is 17.2 Å². The van der Waals surface area contributed by atoms with E-state index in [9.17, 15) is 0 Å². The maximum absolute atomic E-state index is 5.35. The minimum Gasteiger partial charge on any atom is -0.497 e. The first kappa shape index (κ1) is 14.9. The number of halogens is 1. The van der Waals surface area contributed by atoms with Gasteiger partial charge in [-0.3, -0.25) is 0 Å². The molecule has 3 rings (SSSR count). The third kappa shape index (κ3) is 3.10. The van der Waals surface area contributed by atoms with Gasteiger partial charge in [-0.15, -0.1) is 11.8 Å². The average molecular weight is 365 g/mol. The van der Waals surface area contributed by atoms with Gasteiger partial charge in [0.1, 0.15) is 5.75 Å². The van der Waals surface area contributed by atoms with Gasteiger partial charge in [0, 0.05) is 22.0 Å². The summed E-state index contributed by atoms with van der Waals surface area (Å²) < 4.78 is 6.36. The second kappa shape index (κ2) is 6.38. The number of nitrogens with one attached hydrogen (secondary N) is 1. The van der Waals surface area contributed by atoms with Crippen LogP contribution in [0.3, 0.4) is 0 Å². The maximum Gasteiger partial charge on any atom is 0.119 e. The summed E-state index contributed by atoms with van der Waals surface area (Å²) in [6, 6.07) is 10.8. The molecular formula is C16H17BrN2OS. The van der Waals surface area contributed by atoms with Crippen LogP contribution in [0.5, 0.6) is 5.75 Å². The molecule has 5 heteroatoms. The van der Waals surface area contributed by atoms with Crippen molar-refractivity contribution in [3.63, 3.8) is 0 Å². The number of methoxy groups -OCH3 is 1. The molecule has 21 heavy (non-hydrogen) atoms. The maximum atomic E-state index is 5.35. The van der Waals surface area contributed by atoms with Gasteiger partial charge in [-0.1, -0.05) is 6.07 Å². The van der Waals surface area contributed by atoms with Gasteiger partial charge in [0.15, 0.2) is 0 Å². The Morgan fingerprint density at radius 2 is 2.19 bits per heavy atom. The molecule has 1 N–H and O–H groups in total. The zero-order valence-electron chi connectivity index (χ0n) is 12.0. The molecule has 3 nitrogen and oxygen atoms in total. The lowest BCUT2D eigenvalue weighted by atomic mass is 10.1. The number of fused-ring (bicyclic) bond motifs is 1. The number of hydrogen-bond donors (Lipinski definition) is 1. The van der Waals surface area contributed by atoms with Crippen LogP contribution in [0.15, 0.2) is 46.0 Å². The molecule has 1 aliphatic rings. The van der Waals surface area contributed by atoms with Crippen molar-refractivity contribution >= 4 is 27.7 Å². The zero-order chi connectivity index (χ0) is 14.8. The van der Waals surface area contributed by atoms with Crippen molar-refractivity contribution in [2.75, 3.05) is 14.2 Å². The number of rotatable bonds is 4. The number of pyridine rings is 1. The number of aromatic nitrogens is 1. The van der Waals surface area contributed by atoms with Crippen LogP contribution in [0.2, 0.25) is 0 Å². The van der Waals surface area contributed by atoms with E-state index < -0.39 is 0 Å². The van der Waals surface area contributed by atoms with E-state index in [0.717, 1.165) is 21.7 Å². The van der Waals surface area contributed by atoms with Crippen LogP contribution in [0.25, 0.3) is 0 Å². The normalized spacial score (nSPS) is 20.3. The van der Waals surface area contributed by atoms with E-state index in [2.05, 4.69) is 44.4 Å². The van der Waals surface area contributed by atoms with Crippen molar-refractivity contribution in [1.82, 2.24) is 10.3 Å². The standard InChI is InChI=1S/C16H17BrN2OS/c1-18-16-13-8-12(20-2)5-3-10(13)7-14(16)21-15-6-4-11(17)9-19-15/h3-6,8-9,14,16,18H,7H2,1-2H3. The van der Waals surface area contributed by atoms with Gasteiger partial charge in [-0.25, -0.2) is 4.98 Å². The first-order valence-electron chi connectivity index (χ1n) is 6.83. The molecule has 1 aliphatic carbocycles. The van der Waals surface area contributed by atoms with Gasteiger partial charge in [0.05, 0.1) is 12.1 Å². The zero-order valence-corrected chi connectivity index (χ0v) is 14.4. The molecule has 1 aromatic heterocycles. The number of benzene rings is 1. The highest BCUT2D eigenvalue weighted by Gasteiger charge is 2.32. The van der Waals surface area contributed by atoms with Gasteiger partial charge in [-0.2, -0.15) is 0 Å². The Morgan fingerprint density at radius 1 is 1.33 bits per heavy atom. The van der Waals surface area contributed by atoms with Crippen molar-refractivity contribution in [2.45, 2.75) is 22.7 Å². The van der Waals surface area contributed by atoms with E-state index >= 15 is 0 Å². The van der Waals surface area contributed by atoms with Gasteiger partial charge in [0.2, 0.25) is 0 Å². The molecule has 0 aliphatic heterocycles. The Morgan fingerprint density at radius 3 is 2.86 bits per heavy atom. The van der Waals surface area contributed by atoms with Crippen LogP contribution in [0, 0.1) is 0 Å². The van der Waals surface area contributed by atoms with Crippen molar-refractivity contribution < 1.29 is 4.74 Å². The van der Waals surface area contributed by atoms with E-state index in [4.69, 9.17) is 4.74 Å². The fourth-order valence-corrected chi connectivity index (χ4v) is 4.23. The summed E-state index contributed by atoms with van der Waals surface area (Å²) in [6.45, 7) is 0. The Bertz CT molecular complexity index is 633. The number of hydrogen-bond acceptors (Lipinski definition) is 4. The van der Waals surface area contributed by atoms with E-state index in [-0.39, 0.29) is 0 Å². The predicted molar refractivity (Wildman–Crippen MR) is 90.1 cm³/mol. The van der Waals surface area contributed by atoms with Crippen molar-refractivity contribution in [3.05, 3.63) is 52.1 Å². The Hall–Kier alpha value is -1.04. The van der Waals surface area contributed by atoms with Crippen molar-refractivity contribution in [1.29, 1.82) is 0 Å². The molecule has 1 aromatic carbocycles. The number of thioether (sulfide) groups is 1. The van der Waals surface area contributed by atoms with Crippen LogP contribution in [-0.4, -0.2) is 24.4 Å². The highest BCUT2D eigenvalue weighted by Crippen LogP contribution is 2.42. The molecule has 2 aromatic rings. The second-order valence-corrected chi connectivity index (χ2v) is 7.18. The second-order valence-electron chi connectivity index (χ2n) is 5.01. The summed E-state index contributed by atoms with van der Waals surface area (Å²) in [7, 11) is 3.73. The monoisotopic (exact) mass is 364 g/mol. The summed E-state index contributed by atoms with van der Waals surface area (Å²) >= 11 is 5.25. The largest absolute Gasteiger partial charge is 0.497 e. The minimum absolute atomic E-state index is 0.325. The van der Waals surface area contributed by atoms with Gasteiger partial charge in [0.25, 0.3) is 0 Å². The number of ether oxygens (including phenoxy) is 1. The Kier molecular flexibility index (Phi) is 4.52. The minimum atomic E-state index is 0.325. The number of nitrogens with zero attached hydrogens (tertiary/aromatic N) is 1. The van der Waals surface area contributed by atoms with Gasteiger partial charge >= 0.3 is 0 Å². The molecule has 0 spiro atoms. The third-order valence-corrected chi connectivity index (χ3v) is 5.46. The molecule has 1 heterocycles. The summed E-state index contributed by atoms with van der Waals surface area (Å²) in [5.74, 6) is 0.918. The van der Waals surface area contributed by atoms with E-state index in [0.29, 0.717) is 11.3 Å². The molecule has 0 saturated heterocycles. The first-order valence-corrected chi connectivity index (χ1v) is 8.51. The summed E-state index contributed by atoms with van der Waals surface area (Å²) in [5, 5.41) is 4.95. The quantitative estimate of drug-likeness (QED) is 0.893. The molecule has 0 amide bonds. The van der Waals surface area contributed by atoms with Gasteiger partial charge in [-0.05, 0) is 64.8 Å². The fraction of sp³-hybridized carbons (Fsp3) is 0.312. The Balaban J connectivity index is 1.83. The lowest BCUT2D eigenvalue weighted by molar-refractivity contribution is 0.413. The first-order chi connectivity index (χ1) is 10.2. The van der Waals surface area contributed by atoms with Crippen LogP contribution < -0.4 is 10.1 Å². The van der Waals surface area contributed by atoms with Crippen LogP contribution >= 0.6 is 27.7 Å². The van der Waals surface area contributed by atoms with Crippen molar-refractivity contribution in [3.8, 4) is 5.75 Å². The van der Waals surface area contributed by atoms with Crippen LogP contribution in [0.4, 0.5) is 0 Å². The molecule has 0 bridgehead atoms. The fourth-order valence-electron chi connectivity index (χ4n) is 2.75. The molecule has 2 atom stereocenters. The van der Waals surface area contributed by atoms with Gasteiger partial charge < -0.3 is 10.1 Å². The van der Waals surface area contributed by atoms with E-state index in [1.165, 1.54) is 11.1 Å². The highest BCUT2D eigenvalue weighted by atomic mass is 79.9. The predicted octanol–water partition coefficient (Wildman–Crippen LogP) is 3.83. The van der Waals surface area contributed by atoms with Crippen LogP contribution in [-0.2, 0) is 6.42 Å². The smallest absolute Gasteiger partial charge is 0.119 e. The molecule has 2 unspecified atom stereocenters. The molecule has 0 fully saturated rings. The average Bonchev–Trinajstić information content (AvgIpc) is 2.85. The summed E-state index contributed by atoms with van der Waals surface area (Å²) in [5.41, 5.74) is 2.73. The van der Waals surface area contributed by atoms with Crippen molar-refractivity contribution in [2.24, 2.45) is 0 Å². The van der Waals surface area contributed by atoms with E-state index in [1.807, 2.05) is 37.1 Å². The molecule has 0 radical (unpaired) electrons. The Labute approximate surface area is 137 Å². The van der Waals surface area contributed by atoms with E-state index in [1.54, 1.807) is 7.11 Å². The molecule has 0 saturated carbocycles. The third-order valence-electron chi connectivity index (χ3n) is 3.76. The SMILES string of the molecule is CNC1c2cc(OC)ccc2CC1Sc1ccc(Br)cn1. The topological polar surface area (TPSA) is 34.1 Å². The molecule has 110 valence electrons. The highest BCUT2D eigenvalue weighted by molar-refractivity contribution is 9.10. The summed E-state index contributed by atoms with van der Waals surface area (Å²) in [4.78, 5) is 4.47.